The maximum absolute atomic E-state index is 5.25. The predicted octanol–water partition coefficient (Wildman–Crippen LogP) is 0.647. The molecule has 1 atom stereocenters. The Kier molecular flexibility index (Phi) is 5.76. The molecular weight excluding hydrogens is 158 g/mol. The van der Waals surface area contributed by atoms with Gasteiger partial charge in [-0.05, 0) is 20.5 Å². The van der Waals surface area contributed by atoms with Crippen molar-refractivity contribution in [1.29, 1.82) is 0 Å². The first-order valence-corrected chi connectivity index (χ1v) is 5.18. The topological polar surface area (TPSA) is 21.7 Å². The Hall–Kier alpha value is 0.0969. The van der Waals surface area contributed by atoms with Crippen LogP contribution in [0.15, 0.2) is 0 Å². The standard InChI is InChI=1S/C7H18NO2Si/c1-6-7(8(2)3)11(9-4)10-5/h7H,6H2,1-5H3. The fraction of sp³-hybridized carbons (Fsp3) is 1.00. The van der Waals surface area contributed by atoms with Gasteiger partial charge in [-0.3, -0.25) is 0 Å². The summed E-state index contributed by atoms with van der Waals surface area (Å²) in [5, 5.41) is 0. The maximum Gasteiger partial charge on any atom is 0.403 e. The highest BCUT2D eigenvalue weighted by atomic mass is 28.3. The molecule has 0 fully saturated rings. The van der Waals surface area contributed by atoms with Crippen LogP contribution in [0.4, 0.5) is 0 Å². The van der Waals surface area contributed by atoms with Crippen LogP contribution in [-0.4, -0.2) is 48.2 Å². The Balaban J connectivity index is 3.98. The Morgan fingerprint density at radius 3 is 1.82 bits per heavy atom. The van der Waals surface area contributed by atoms with Crippen LogP contribution in [0.2, 0.25) is 0 Å². The van der Waals surface area contributed by atoms with Crippen LogP contribution in [0.25, 0.3) is 0 Å². The van der Waals surface area contributed by atoms with E-state index in [0.29, 0.717) is 5.67 Å². The molecule has 0 saturated carbocycles. The van der Waals surface area contributed by atoms with Crippen molar-refractivity contribution in [2.45, 2.75) is 19.0 Å². The van der Waals surface area contributed by atoms with Crippen molar-refractivity contribution in [3.05, 3.63) is 0 Å². The van der Waals surface area contributed by atoms with Crippen molar-refractivity contribution >= 4 is 9.28 Å². The van der Waals surface area contributed by atoms with Crippen molar-refractivity contribution in [3.8, 4) is 0 Å². The molecule has 4 heteroatoms. The number of rotatable bonds is 5. The molecule has 3 nitrogen and oxygen atoms in total. The van der Waals surface area contributed by atoms with Crippen molar-refractivity contribution in [1.82, 2.24) is 4.90 Å². The largest absolute Gasteiger partial charge is 0.403 e. The summed E-state index contributed by atoms with van der Waals surface area (Å²) >= 11 is 0. The van der Waals surface area contributed by atoms with E-state index in [2.05, 4.69) is 25.9 Å². The summed E-state index contributed by atoms with van der Waals surface area (Å²) in [7, 11) is 6.44. The van der Waals surface area contributed by atoms with Crippen LogP contribution in [0, 0.1) is 0 Å². The fourth-order valence-electron chi connectivity index (χ4n) is 1.10. The lowest BCUT2D eigenvalue weighted by Gasteiger charge is -2.25. The summed E-state index contributed by atoms with van der Waals surface area (Å²) < 4.78 is 10.5. The van der Waals surface area contributed by atoms with Crippen LogP contribution < -0.4 is 0 Å². The second-order valence-electron chi connectivity index (χ2n) is 2.61. The average molecular weight is 176 g/mol. The zero-order chi connectivity index (χ0) is 8.85. The van der Waals surface area contributed by atoms with Gasteiger partial charge < -0.3 is 13.8 Å². The van der Waals surface area contributed by atoms with E-state index in [9.17, 15) is 0 Å². The fourth-order valence-corrected chi connectivity index (χ4v) is 2.56. The molecule has 0 bridgehead atoms. The molecule has 0 spiro atoms. The third-order valence-electron chi connectivity index (χ3n) is 1.68. The maximum atomic E-state index is 5.25. The first-order valence-electron chi connectivity index (χ1n) is 3.78. The van der Waals surface area contributed by atoms with Gasteiger partial charge in [0.2, 0.25) is 0 Å². The smallest absolute Gasteiger partial charge is 0.396 e. The SMILES string of the molecule is CCC(N(C)C)[Si](OC)OC. The Labute approximate surface area is 71.1 Å². The summed E-state index contributed by atoms with van der Waals surface area (Å²) in [6.45, 7) is 2.15. The van der Waals surface area contributed by atoms with Gasteiger partial charge in [0, 0.05) is 14.2 Å². The van der Waals surface area contributed by atoms with E-state index in [-0.39, 0.29) is 0 Å². The Morgan fingerprint density at radius 2 is 1.73 bits per heavy atom. The molecule has 0 aliphatic heterocycles. The van der Waals surface area contributed by atoms with Gasteiger partial charge in [-0.25, -0.2) is 0 Å². The third-order valence-corrected chi connectivity index (χ3v) is 3.96. The molecule has 0 rings (SSSR count). The normalized spacial score (nSPS) is 14.5. The van der Waals surface area contributed by atoms with Crippen molar-refractivity contribution in [2.24, 2.45) is 0 Å². The average Bonchev–Trinajstić information content (AvgIpc) is 1.99. The second-order valence-corrected chi connectivity index (χ2v) is 4.74. The molecule has 1 radical (unpaired) electrons. The minimum Gasteiger partial charge on any atom is -0.396 e. The van der Waals surface area contributed by atoms with E-state index >= 15 is 0 Å². The van der Waals surface area contributed by atoms with Crippen LogP contribution in [0.3, 0.4) is 0 Å². The first-order chi connectivity index (χ1) is 5.17. The second kappa shape index (κ2) is 5.71. The molecule has 0 amide bonds. The molecule has 0 N–H and O–H groups in total. The number of nitrogens with zero attached hydrogens (tertiary/aromatic N) is 1. The molecule has 0 saturated heterocycles. The lowest BCUT2D eigenvalue weighted by Crippen LogP contribution is -2.44. The van der Waals surface area contributed by atoms with Crippen molar-refractivity contribution < 1.29 is 8.85 Å². The van der Waals surface area contributed by atoms with Gasteiger partial charge in [0.15, 0.2) is 0 Å². The van der Waals surface area contributed by atoms with E-state index in [0.717, 1.165) is 6.42 Å². The number of hydrogen-bond acceptors (Lipinski definition) is 3. The minimum absolute atomic E-state index is 0.440. The lowest BCUT2D eigenvalue weighted by molar-refractivity contribution is 0.219. The van der Waals surface area contributed by atoms with Gasteiger partial charge in [-0.1, -0.05) is 6.92 Å². The van der Waals surface area contributed by atoms with Crippen molar-refractivity contribution in [3.63, 3.8) is 0 Å². The van der Waals surface area contributed by atoms with Gasteiger partial charge in [0.05, 0.1) is 5.67 Å². The first kappa shape index (κ1) is 11.1. The minimum atomic E-state index is -1.09. The van der Waals surface area contributed by atoms with E-state index in [1.807, 2.05) is 0 Å². The van der Waals surface area contributed by atoms with Gasteiger partial charge in [-0.2, -0.15) is 0 Å². The zero-order valence-corrected chi connectivity index (χ0v) is 9.05. The van der Waals surface area contributed by atoms with E-state index in [1.165, 1.54) is 0 Å². The molecule has 0 aromatic rings. The highest BCUT2D eigenvalue weighted by Crippen LogP contribution is 2.04. The molecule has 1 unspecified atom stereocenters. The van der Waals surface area contributed by atoms with Crippen LogP contribution in [0.1, 0.15) is 13.3 Å². The van der Waals surface area contributed by atoms with E-state index in [1.54, 1.807) is 14.2 Å². The molecule has 0 aromatic heterocycles. The molecule has 11 heavy (non-hydrogen) atoms. The van der Waals surface area contributed by atoms with Gasteiger partial charge in [0.25, 0.3) is 0 Å². The van der Waals surface area contributed by atoms with Crippen LogP contribution in [0.5, 0.6) is 0 Å². The Morgan fingerprint density at radius 1 is 1.27 bits per heavy atom. The Bertz CT molecular complexity index is 96.4. The molecule has 0 heterocycles. The highest BCUT2D eigenvalue weighted by molar-refractivity contribution is 6.46. The van der Waals surface area contributed by atoms with E-state index in [4.69, 9.17) is 8.85 Å². The molecular formula is C7H18NO2Si. The summed E-state index contributed by atoms with van der Waals surface area (Å²) in [6, 6.07) is 0. The van der Waals surface area contributed by atoms with Gasteiger partial charge >= 0.3 is 9.28 Å². The molecule has 67 valence electrons. The van der Waals surface area contributed by atoms with Crippen molar-refractivity contribution in [2.75, 3.05) is 28.3 Å². The van der Waals surface area contributed by atoms with Crippen LogP contribution in [-0.2, 0) is 8.85 Å². The summed E-state index contributed by atoms with van der Waals surface area (Å²) in [5.74, 6) is 0. The predicted molar refractivity (Wildman–Crippen MR) is 47.5 cm³/mol. The van der Waals surface area contributed by atoms with Crippen LogP contribution >= 0.6 is 0 Å². The third kappa shape index (κ3) is 3.33. The lowest BCUT2D eigenvalue weighted by atomic mass is 10.4. The number of hydrogen-bond donors (Lipinski definition) is 0. The zero-order valence-electron chi connectivity index (χ0n) is 8.05. The van der Waals surface area contributed by atoms with Gasteiger partial charge in [-0.15, -0.1) is 0 Å². The molecule has 0 aliphatic rings. The quantitative estimate of drug-likeness (QED) is 0.574. The molecule has 0 aromatic carbocycles. The summed E-state index contributed by atoms with van der Waals surface area (Å²) in [6.07, 6.45) is 1.07. The van der Waals surface area contributed by atoms with E-state index < -0.39 is 9.28 Å². The molecule has 0 aliphatic carbocycles. The summed E-state index contributed by atoms with van der Waals surface area (Å²) in [5.41, 5.74) is 0.440. The summed E-state index contributed by atoms with van der Waals surface area (Å²) in [4.78, 5) is 2.15. The van der Waals surface area contributed by atoms with Gasteiger partial charge in [0.1, 0.15) is 0 Å². The highest BCUT2D eigenvalue weighted by Gasteiger charge is 2.26. The monoisotopic (exact) mass is 176 g/mol.